The second-order valence-corrected chi connectivity index (χ2v) is 4.75. The Morgan fingerprint density at radius 2 is 1.94 bits per heavy atom. The Labute approximate surface area is 102 Å². The van der Waals surface area contributed by atoms with Crippen LogP contribution in [0.2, 0.25) is 5.02 Å². The van der Waals surface area contributed by atoms with Gasteiger partial charge in [0.1, 0.15) is 5.75 Å². The predicted octanol–water partition coefficient (Wildman–Crippen LogP) is 1.79. The van der Waals surface area contributed by atoms with Crippen LogP contribution in [0.3, 0.4) is 0 Å². The molecule has 0 saturated carbocycles. The summed E-state index contributed by atoms with van der Waals surface area (Å²) in [6, 6.07) is 7.66. The quantitative estimate of drug-likeness (QED) is 0.775. The lowest BCUT2D eigenvalue weighted by Gasteiger charge is -2.12. The van der Waals surface area contributed by atoms with Crippen LogP contribution in [0, 0.1) is 0 Å². The normalized spacial score (nSPS) is 16.6. The fourth-order valence-corrected chi connectivity index (χ4v) is 2.38. The summed E-state index contributed by atoms with van der Waals surface area (Å²) in [6.45, 7) is 4.68. The molecule has 1 heterocycles. The average molecular weight is 241 g/mol. The number of halogens is 1. The molecule has 0 unspecified atom stereocenters. The second kappa shape index (κ2) is 6.12. The molecule has 2 rings (SSSR count). The summed E-state index contributed by atoms with van der Waals surface area (Å²) in [5.74, 6) is 0.806. The van der Waals surface area contributed by atoms with Crippen LogP contribution in [0.5, 0.6) is 5.75 Å². The third kappa shape index (κ3) is 3.39. The van der Waals surface area contributed by atoms with Gasteiger partial charge in [-0.3, -0.25) is 0 Å². The number of hydrogen-bond acceptors (Lipinski definition) is 1. The maximum Gasteiger partial charge on any atom is 0.137 e. The van der Waals surface area contributed by atoms with E-state index in [1.165, 1.54) is 32.5 Å². The van der Waals surface area contributed by atoms with Crippen molar-refractivity contribution in [1.82, 2.24) is 0 Å². The highest BCUT2D eigenvalue weighted by Gasteiger charge is 2.14. The van der Waals surface area contributed by atoms with Gasteiger partial charge < -0.3 is 9.64 Å². The molecule has 0 aliphatic carbocycles. The van der Waals surface area contributed by atoms with Gasteiger partial charge in [-0.2, -0.15) is 0 Å². The third-order valence-electron chi connectivity index (χ3n) is 3.08. The highest BCUT2D eigenvalue weighted by atomic mass is 35.5. The standard InChI is InChI=1S/C13H18ClNO/c14-12-6-1-2-7-13(12)16-11-5-10-15-8-3-4-9-15/h1-2,6-7H,3-5,8-11H2/p+1. The first kappa shape index (κ1) is 11.7. The number of quaternary nitrogens is 1. The lowest BCUT2D eigenvalue weighted by molar-refractivity contribution is -0.887. The summed E-state index contributed by atoms with van der Waals surface area (Å²) >= 11 is 6.00. The Bertz CT molecular complexity index is 323. The smallest absolute Gasteiger partial charge is 0.137 e. The van der Waals surface area contributed by atoms with Crippen molar-refractivity contribution >= 4 is 11.6 Å². The minimum atomic E-state index is 0.705. The van der Waals surface area contributed by atoms with E-state index in [4.69, 9.17) is 16.3 Å². The molecule has 2 nitrogen and oxygen atoms in total. The van der Waals surface area contributed by atoms with E-state index >= 15 is 0 Å². The number of hydrogen-bond donors (Lipinski definition) is 1. The van der Waals surface area contributed by atoms with Crippen molar-refractivity contribution in [3.8, 4) is 5.75 Å². The molecule has 0 bridgehead atoms. The van der Waals surface area contributed by atoms with Crippen molar-refractivity contribution in [3.63, 3.8) is 0 Å². The molecule has 0 atom stereocenters. The van der Waals surface area contributed by atoms with Gasteiger partial charge in [0.05, 0.1) is 31.3 Å². The van der Waals surface area contributed by atoms with Crippen molar-refractivity contribution in [3.05, 3.63) is 29.3 Å². The fourth-order valence-electron chi connectivity index (χ4n) is 2.19. The van der Waals surface area contributed by atoms with Gasteiger partial charge in [0.2, 0.25) is 0 Å². The van der Waals surface area contributed by atoms with E-state index in [1.807, 2.05) is 24.3 Å². The van der Waals surface area contributed by atoms with E-state index in [9.17, 15) is 0 Å². The van der Waals surface area contributed by atoms with Crippen molar-refractivity contribution in [2.45, 2.75) is 19.3 Å². The monoisotopic (exact) mass is 240 g/mol. The molecule has 3 heteroatoms. The van der Waals surface area contributed by atoms with E-state index in [0.29, 0.717) is 5.02 Å². The van der Waals surface area contributed by atoms with Gasteiger partial charge in [-0.05, 0) is 12.1 Å². The Morgan fingerprint density at radius 3 is 2.69 bits per heavy atom. The molecule has 1 aliphatic heterocycles. The summed E-state index contributed by atoms with van der Waals surface area (Å²) < 4.78 is 5.65. The van der Waals surface area contributed by atoms with Crippen molar-refractivity contribution < 1.29 is 9.64 Å². The fraction of sp³-hybridized carbons (Fsp3) is 0.538. The molecular weight excluding hydrogens is 222 g/mol. The lowest BCUT2D eigenvalue weighted by atomic mass is 10.3. The molecule has 0 aromatic heterocycles. The molecule has 1 saturated heterocycles. The first-order chi connectivity index (χ1) is 7.86. The number of para-hydroxylation sites is 1. The Morgan fingerprint density at radius 1 is 1.19 bits per heavy atom. The Kier molecular flexibility index (Phi) is 4.49. The molecular formula is C13H19ClNO+. The zero-order valence-corrected chi connectivity index (χ0v) is 10.3. The third-order valence-corrected chi connectivity index (χ3v) is 3.39. The highest BCUT2D eigenvalue weighted by Crippen LogP contribution is 2.22. The summed E-state index contributed by atoms with van der Waals surface area (Å²) in [5, 5.41) is 0.705. The number of likely N-dealkylation sites (tertiary alicyclic amines) is 1. The van der Waals surface area contributed by atoms with E-state index in [1.54, 1.807) is 4.90 Å². The van der Waals surface area contributed by atoms with Gasteiger partial charge in [0.25, 0.3) is 0 Å². The summed E-state index contributed by atoms with van der Waals surface area (Å²) in [5.41, 5.74) is 0. The molecule has 1 aromatic rings. The van der Waals surface area contributed by atoms with Gasteiger partial charge in [-0.15, -0.1) is 0 Å². The molecule has 88 valence electrons. The maximum absolute atomic E-state index is 6.00. The maximum atomic E-state index is 6.00. The van der Waals surface area contributed by atoms with Crippen LogP contribution in [-0.4, -0.2) is 26.2 Å². The molecule has 16 heavy (non-hydrogen) atoms. The first-order valence-electron chi connectivity index (χ1n) is 6.07. The van der Waals surface area contributed by atoms with Crippen LogP contribution in [0.4, 0.5) is 0 Å². The zero-order chi connectivity index (χ0) is 11.2. The average Bonchev–Trinajstić information content (AvgIpc) is 2.79. The van der Waals surface area contributed by atoms with Gasteiger partial charge >= 0.3 is 0 Å². The SMILES string of the molecule is Clc1ccccc1OCCC[NH+]1CCCC1. The number of nitrogens with one attached hydrogen (secondary N) is 1. The number of ether oxygens (including phenoxy) is 1. The van der Waals surface area contributed by atoms with Gasteiger partial charge in [-0.1, -0.05) is 23.7 Å². The minimum absolute atomic E-state index is 0.705. The topological polar surface area (TPSA) is 13.7 Å². The van der Waals surface area contributed by atoms with Crippen LogP contribution in [0.1, 0.15) is 19.3 Å². The van der Waals surface area contributed by atoms with Crippen LogP contribution in [0.15, 0.2) is 24.3 Å². The van der Waals surface area contributed by atoms with Gasteiger partial charge in [0, 0.05) is 19.3 Å². The molecule has 0 spiro atoms. The van der Waals surface area contributed by atoms with Crippen LogP contribution < -0.4 is 9.64 Å². The van der Waals surface area contributed by atoms with E-state index in [-0.39, 0.29) is 0 Å². The summed E-state index contributed by atoms with van der Waals surface area (Å²) in [6.07, 6.45) is 3.89. The van der Waals surface area contributed by atoms with E-state index in [2.05, 4.69) is 0 Å². The Balaban J connectivity index is 1.66. The molecule has 1 aliphatic rings. The van der Waals surface area contributed by atoms with Gasteiger partial charge in [0.15, 0.2) is 0 Å². The first-order valence-corrected chi connectivity index (χ1v) is 6.45. The highest BCUT2D eigenvalue weighted by molar-refractivity contribution is 6.32. The van der Waals surface area contributed by atoms with Crippen molar-refractivity contribution in [1.29, 1.82) is 0 Å². The Hall–Kier alpha value is -0.730. The number of rotatable bonds is 5. The molecule has 1 fully saturated rings. The lowest BCUT2D eigenvalue weighted by Crippen LogP contribution is -3.10. The second-order valence-electron chi connectivity index (χ2n) is 4.34. The van der Waals surface area contributed by atoms with E-state index < -0.39 is 0 Å². The number of benzene rings is 1. The van der Waals surface area contributed by atoms with Crippen LogP contribution in [-0.2, 0) is 0 Å². The van der Waals surface area contributed by atoms with Crippen molar-refractivity contribution in [2.24, 2.45) is 0 Å². The molecule has 1 N–H and O–H groups in total. The molecule has 0 amide bonds. The van der Waals surface area contributed by atoms with E-state index in [0.717, 1.165) is 18.8 Å². The predicted molar refractivity (Wildman–Crippen MR) is 66.4 cm³/mol. The van der Waals surface area contributed by atoms with Crippen molar-refractivity contribution in [2.75, 3.05) is 26.2 Å². The van der Waals surface area contributed by atoms with Gasteiger partial charge in [-0.25, -0.2) is 0 Å². The summed E-state index contributed by atoms with van der Waals surface area (Å²) in [7, 11) is 0. The molecule has 1 aromatic carbocycles. The minimum Gasteiger partial charge on any atom is -0.492 e. The zero-order valence-electron chi connectivity index (χ0n) is 9.55. The van der Waals surface area contributed by atoms with Crippen LogP contribution in [0.25, 0.3) is 0 Å². The summed E-state index contributed by atoms with van der Waals surface area (Å²) in [4.78, 5) is 1.72. The largest absolute Gasteiger partial charge is 0.492 e. The molecule has 0 radical (unpaired) electrons. The van der Waals surface area contributed by atoms with Crippen LogP contribution >= 0.6 is 11.6 Å².